The van der Waals surface area contributed by atoms with Crippen LogP contribution in [0.1, 0.15) is 5.56 Å². The Morgan fingerprint density at radius 3 is 2.52 bits per heavy atom. The Kier molecular flexibility index (Phi) is 4.94. The Morgan fingerprint density at radius 1 is 1.24 bits per heavy atom. The van der Waals surface area contributed by atoms with E-state index in [2.05, 4.69) is 15.0 Å². The molecule has 0 aliphatic carbocycles. The number of hydroxylamine groups is 1. The largest absolute Gasteiger partial charge is 0.279 e. The molecule has 0 radical (unpaired) electrons. The van der Waals surface area contributed by atoms with Gasteiger partial charge in [0.1, 0.15) is 4.21 Å². The van der Waals surface area contributed by atoms with Crippen LogP contribution in [-0.2, 0) is 26.1 Å². The second-order valence-electron chi connectivity index (χ2n) is 4.14. The zero-order chi connectivity index (χ0) is 15.3. The molecule has 112 valence electrons. The lowest BCUT2D eigenvalue weighted by molar-refractivity contribution is -0.130. The molecular formula is C13H14N2O4S2. The molecule has 8 heteroatoms. The predicted octanol–water partition coefficient (Wildman–Crippen LogP) is 1.77. The maximum atomic E-state index is 12.0. The molecule has 0 unspecified atom stereocenters. The summed E-state index contributed by atoms with van der Waals surface area (Å²) in [4.78, 5) is 15.9. The number of carbonyl (C=O) groups excluding carboxylic acids is 1. The van der Waals surface area contributed by atoms with Crippen molar-refractivity contribution < 1.29 is 18.0 Å². The van der Waals surface area contributed by atoms with Gasteiger partial charge in [-0.3, -0.25) is 14.4 Å². The molecular weight excluding hydrogens is 312 g/mol. The van der Waals surface area contributed by atoms with E-state index in [0.29, 0.717) is 5.69 Å². The highest BCUT2D eigenvalue weighted by Gasteiger charge is 2.14. The normalized spacial score (nSPS) is 11.1. The second-order valence-corrected chi connectivity index (χ2v) is 7.00. The molecule has 0 aliphatic heterocycles. The number of nitrogens with one attached hydrogen (secondary N) is 2. The first-order valence-corrected chi connectivity index (χ1v) is 8.34. The predicted molar refractivity (Wildman–Crippen MR) is 80.4 cm³/mol. The van der Waals surface area contributed by atoms with Crippen LogP contribution in [0.2, 0.25) is 0 Å². The van der Waals surface area contributed by atoms with Gasteiger partial charge in [0.15, 0.2) is 0 Å². The smallest absolute Gasteiger partial charge is 0.271 e. The number of hydrogen-bond acceptors (Lipinski definition) is 5. The highest BCUT2D eigenvalue weighted by molar-refractivity contribution is 7.94. The molecule has 0 saturated carbocycles. The molecule has 0 spiro atoms. The van der Waals surface area contributed by atoms with Crippen molar-refractivity contribution in [1.82, 2.24) is 5.48 Å². The van der Waals surface area contributed by atoms with Gasteiger partial charge >= 0.3 is 0 Å². The summed E-state index contributed by atoms with van der Waals surface area (Å²) in [7, 11) is -2.18. The van der Waals surface area contributed by atoms with Crippen molar-refractivity contribution >= 4 is 33.0 Å². The lowest BCUT2D eigenvalue weighted by Crippen LogP contribution is -2.23. The number of rotatable bonds is 6. The quantitative estimate of drug-likeness (QED) is 0.792. The topological polar surface area (TPSA) is 84.5 Å². The van der Waals surface area contributed by atoms with E-state index in [9.17, 15) is 13.2 Å². The number of sulfonamides is 1. The second kappa shape index (κ2) is 6.70. The van der Waals surface area contributed by atoms with E-state index in [-0.39, 0.29) is 16.5 Å². The molecule has 1 aromatic heterocycles. The molecule has 0 saturated heterocycles. The summed E-state index contributed by atoms with van der Waals surface area (Å²) in [6.45, 7) is 0. The third kappa shape index (κ3) is 4.28. The first kappa shape index (κ1) is 15.5. The Labute approximate surface area is 126 Å². The lowest BCUT2D eigenvalue weighted by atomic mass is 10.1. The molecule has 0 atom stereocenters. The number of thiophene rings is 1. The van der Waals surface area contributed by atoms with E-state index in [0.717, 1.165) is 16.9 Å². The highest BCUT2D eigenvalue weighted by Crippen LogP contribution is 2.20. The van der Waals surface area contributed by atoms with Crippen molar-refractivity contribution in [3.8, 4) is 0 Å². The zero-order valence-corrected chi connectivity index (χ0v) is 12.8. The Bertz CT molecular complexity index is 694. The van der Waals surface area contributed by atoms with E-state index >= 15 is 0 Å². The summed E-state index contributed by atoms with van der Waals surface area (Å²) in [6, 6.07) is 9.80. The summed E-state index contributed by atoms with van der Waals surface area (Å²) in [5.74, 6) is -0.274. The first-order valence-electron chi connectivity index (χ1n) is 5.98. The van der Waals surface area contributed by atoms with Crippen LogP contribution < -0.4 is 10.2 Å². The Morgan fingerprint density at radius 2 is 1.95 bits per heavy atom. The van der Waals surface area contributed by atoms with E-state index in [1.807, 2.05) is 0 Å². The van der Waals surface area contributed by atoms with Gasteiger partial charge in [-0.25, -0.2) is 13.9 Å². The highest BCUT2D eigenvalue weighted by atomic mass is 32.2. The van der Waals surface area contributed by atoms with E-state index in [1.165, 1.54) is 13.2 Å². The van der Waals surface area contributed by atoms with Crippen LogP contribution in [0.4, 0.5) is 5.69 Å². The SMILES string of the molecule is CONC(=O)Cc1ccc(NS(=O)(=O)c2cccs2)cc1. The maximum Gasteiger partial charge on any atom is 0.271 e. The minimum atomic E-state index is -3.55. The van der Waals surface area contributed by atoms with Gasteiger partial charge in [0.25, 0.3) is 10.0 Å². The number of anilines is 1. The van der Waals surface area contributed by atoms with E-state index in [4.69, 9.17) is 0 Å². The molecule has 21 heavy (non-hydrogen) atoms. The van der Waals surface area contributed by atoms with Crippen molar-refractivity contribution in [1.29, 1.82) is 0 Å². The molecule has 0 fully saturated rings. The third-order valence-corrected chi connectivity index (χ3v) is 5.33. The average Bonchev–Trinajstić information content (AvgIpc) is 2.96. The van der Waals surface area contributed by atoms with E-state index in [1.54, 1.807) is 35.7 Å². The maximum absolute atomic E-state index is 12.0. The monoisotopic (exact) mass is 326 g/mol. The van der Waals surface area contributed by atoms with Crippen LogP contribution >= 0.6 is 11.3 Å². The van der Waals surface area contributed by atoms with Crippen molar-refractivity contribution in [3.05, 3.63) is 47.3 Å². The molecule has 6 nitrogen and oxygen atoms in total. The minimum absolute atomic E-state index is 0.159. The Hall–Kier alpha value is -1.90. The first-order chi connectivity index (χ1) is 10.0. The molecule has 0 aliphatic rings. The summed E-state index contributed by atoms with van der Waals surface area (Å²) in [5.41, 5.74) is 3.41. The molecule has 2 rings (SSSR count). The van der Waals surface area contributed by atoms with Crippen LogP contribution in [0.5, 0.6) is 0 Å². The van der Waals surface area contributed by atoms with Gasteiger partial charge < -0.3 is 0 Å². The zero-order valence-electron chi connectivity index (χ0n) is 11.2. The van der Waals surface area contributed by atoms with Gasteiger partial charge in [-0.2, -0.15) is 0 Å². The fourth-order valence-corrected chi connectivity index (χ4v) is 3.70. The number of benzene rings is 1. The third-order valence-electron chi connectivity index (χ3n) is 2.55. The minimum Gasteiger partial charge on any atom is -0.279 e. The van der Waals surface area contributed by atoms with Crippen LogP contribution in [-0.4, -0.2) is 21.4 Å². The summed E-state index contributed by atoms with van der Waals surface area (Å²) in [5, 5.41) is 1.70. The molecule has 0 bridgehead atoms. The lowest BCUT2D eigenvalue weighted by Gasteiger charge is -2.07. The van der Waals surface area contributed by atoms with Crippen LogP contribution in [0.15, 0.2) is 46.0 Å². The number of carbonyl (C=O) groups is 1. The van der Waals surface area contributed by atoms with Gasteiger partial charge in [-0.15, -0.1) is 11.3 Å². The molecule has 2 aromatic rings. The Balaban J connectivity index is 2.04. The van der Waals surface area contributed by atoms with Crippen molar-refractivity contribution in [3.63, 3.8) is 0 Å². The van der Waals surface area contributed by atoms with Crippen LogP contribution in [0, 0.1) is 0 Å². The van der Waals surface area contributed by atoms with Crippen molar-refractivity contribution in [2.75, 3.05) is 11.8 Å². The fourth-order valence-electron chi connectivity index (χ4n) is 1.65. The molecule has 1 aromatic carbocycles. The molecule has 1 heterocycles. The fraction of sp³-hybridized carbons (Fsp3) is 0.154. The van der Waals surface area contributed by atoms with Gasteiger partial charge in [-0.05, 0) is 29.1 Å². The van der Waals surface area contributed by atoms with Gasteiger partial charge in [0.05, 0.1) is 13.5 Å². The average molecular weight is 326 g/mol. The van der Waals surface area contributed by atoms with Crippen molar-refractivity contribution in [2.24, 2.45) is 0 Å². The summed E-state index contributed by atoms with van der Waals surface area (Å²) >= 11 is 1.15. The number of hydrogen-bond donors (Lipinski definition) is 2. The molecule has 2 N–H and O–H groups in total. The van der Waals surface area contributed by atoms with Crippen molar-refractivity contribution in [2.45, 2.75) is 10.6 Å². The standard InChI is InChI=1S/C13H14N2O4S2/c1-19-14-12(16)9-10-4-6-11(7-5-10)15-21(17,18)13-3-2-8-20-13/h2-8,15H,9H2,1H3,(H,14,16). The van der Waals surface area contributed by atoms with E-state index < -0.39 is 10.0 Å². The molecule has 1 amide bonds. The van der Waals surface area contributed by atoms with Gasteiger partial charge in [0, 0.05) is 5.69 Å². The van der Waals surface area contributed by atoms with Crippen LogP contribution in [0.25, 0.3) is 0 Å². The number of amides is 1. The van der Waals surface area contributed by atoms with Gasteiger partial charge in [-0.1, -0.05) is 18.2 Å². The van der Waals surface area contributed by atoms with Gasteiger partial charge in [0.2, 0.25) is 5.91 Å². The summed E-state index contributed by atoms with van der Waals surface area (Å²) in [6.07, 6.45) is 0.159. The summed E-state index contributed by atoms with van der Waals surface area (Å²) < 4.78 is 26.8. The van der Waals surface area contributed by atoms with Crippen LogP contribution in [0.3, 0.4) is 0 Å².